The maximum absolute atomic E-state index is 12.3. The Bertz CT molecular complexity index is 429. The number of ether oxygens (including phenoxy) is 1. The number of aliphatic hydroxyl groups is 1. The summed E-state index contributed by atoms with van der Waals surface area (Å²) in [5.74, 6) is 0.691. The van der Waals surface area contributed by atoms with Gasteiger partial charge in [0.1, 0.15) is 11.8 Å². The van der Waals surface area contributed by atoms with Crippen molar-refractivity contribution >= 4 is 5.91 Å². The second-order valence-corrected chi connectivity index (χ2v) is 6.11. The number of furan rings is 1. The highest BCUT2D eigenvalue weighted by molar-refractivity contribution is 5.80. The number of aliphatic hydroxyl groups excluding tert-OH is 1. The van der Waals surface area contributed by atoms with Crippen LogP contribution in [0.5, 0.6) is 0 Å². The molecule has 2 rings (SSSR count). The number of amides is 1. The van der Waals surface area contributed by atoms with Crippen LogP contribution in [0.2, 0.25) is 0 Å². The van der Waals surface area contributed by atoms with E-state index in [0.29, 0.717) is 31.3 Å². The Balaban J connectivity index is 1.93. The summed E-state index contributed by atoms with van der Waals surface area (Å²) in [6.07, 6.45) is 3.40. The third-order valence-electron chi connectivity index (χ3n) is 3.76. The normalized spacial score (nSPS) is 23.4. The summed E-state index contributed by atoms with van der Waals surface area (Å²) in [6, 6.07) is 3.31. The lowest BCUT2D eigenvalue weighted by atomic mass is 10.0. The Hall–Kier alpha value is -1.33. The largest absolute Gasteiger partial charge is 0.467 e. The van der Waals surface area contributed by atoms with E-state index in [4.69, 9.17) is 9.15 Å². The van der Waals surface area contributed by atoms with E-state index >= 15 is 0 Å². The van der Waals surface area contributed by atoms with Gasteiger partial charge in [0.2, 0.25) is 5.91 Å². The van der Waals surface area contributed by atoms with Crippen molar-refractivity contribution in [2.45, 2.75) is 45.3 Å². The Labute approximate surface area is 125 Å². The average molecular weight is 295 g/mol. The van der Waals surface area contributed by atoms with Gasteiger partial charge in [0, 0.05) is 6.61 Å². The maximum Gasteiger partial charge on any atom is 0.226 e. The van der Waals surface area contributed by atoms with Gasteiger partial charge in [-0.1, -0.05) is 13.8 Å². The number of hydrogen-bond donors (Lipinski definition) is 2. The van der Waals surface area contributed by atoms with Crippen molar-refractivity contribution in [1.29, 1.82) is 0 Å². The van der Waals surface area contributed by atoms with Crippen molar-refractivity contribution in [3.8, 4) is 0 Å². The summed E-state index contributed by atoms with van der Waals surface area (Å²) in [5.41, 5.74) is 0. The van der Waals surface area contributed by atoms with E-state index in [0.717, 1.165) is 12.8 Å². The molecule has 5 nitrogen and oxygen atoms in total. The van der Waals surface area contributed by atoms with E-state index in [1.165, 1.54) is 0 Å². The van der Waals surface area contributed by atoms with Gasteiger partial charge in [0.15, 0.2) is 0 Å². The molecule has 1 aromatic rings. The molecule has 1 heterocycles. The second-order valence-electron chi connectivity index (χ2n) is 6.11. The SMILES string of the molecule is CC(C)COCC(NC(=O)C1CCCC1O)c1ccco1. The summed E-state index contributed by atoms with van der Waals surface area (Å²) >= 11 is 0. The summed E-state index contributed by atoms with van der Waals surface area (Å²) < 4.78 is 11.0. The van der Waals surface area contributed by atoms with Crippen LogP contribution in [0.15, 0.2) is 22.8 Å². The Morgan fingerprint density at radius 1 is 1.48 bits per heavy atom. The van der Waals surface area contributed by atoms with Gasteiger partial charge in [-0.25, -0.2) is 0 Å². The van der Waals surface area contributed by atoms with Crippen LogP contribution < -0.4 is 5.32 Å². The van der Waals surface area contributed by atoms with Crippen molar-refractivity contribution in [3.63, 3.8) is 0 Å². The van der Waals surface area contributed by atoms with Crippen molar-refractivity contribution < 1.29 is 19.1 Å². The Morgan fingerprint density at radius 2 is 2.29 bits per heavy atom. The zero-order valence-corrected chi connectivity index (χ0v) is 12.7. The first-order valence-corrected chi connectivity index (χ1v) is 7.67. The zero-order valence-electron chi connectivity index (χ0n) is 12.7. The van der Waals surface area contributed by atoms with Gasteiger partial charge in [0.05, 0.1) is 24.9 Å². The molecule has 0 aliphatic heterocycles. The van der Waals surface area contributed by atoms with E-state index in [-0.39, 0.29) is 17.9 Å². The van der Waals surface area contributed by atoms with Crippen molar-refractivity contribution in [1.82, 2.24) is 5.32 Å². The molecule has 0 saturated heterocycles. The van der Waals surface area contributed by atoms with Crippen LogP contribution in [-0.4, -0.2) is 30.3 Å². The molecule has 0 spiro atoms. The summed E-state index contributed by atoms with van der Waals surface area (Å²) in [6.45, 7) is 5.17. The van der Waals surface area contributed by atoms with Gasteiger partial charge in [-0.15, -0.1) is 0 Å². The highest BCUT2D eigenvalue weighted by atomic mass is 16.5. The number of carbonyl (C=O) groups excluding carboxylic acids is 1. The molecule has 1 saturated carbocycles. The summed E-state index contributed by atoms with van der Waals surface area (Å²) in [5, 5.41) is 12.8. The van der Waals surface area contributed by atoms with Gasteiger partial charge in [0.25, 0.3) is 0 Å². The van der Waals surface area contributed by atoms with Crippen LogP contribution in [0.25, 0.3) is 0 Å². The fourth-order valence-corrected chi connectivity index (χ4v) is 2.63. The van der Waals surface area contributed by atoms with E-state index in [1.54, 1.807) is 12.3 Å². The molecule has 1 aromatic heterocycles. The van der Waals surface area contributed by atoms with Crippen LogP contribution in [-0.2, 0) is 9.53 Å². The second kappa shape index (κ2) is 7.61. The molecule has 21 heavy (non-hydrogen) atoms. The van der Waals surface area contributed by atoms with Crippen molar-refractivity contribution in [2.75, 3.05) is 13.2 Å². The lowest BCUT2D eigenvalue weighted by Crippen LogP contribution is -2.38. The zero-order chi connectivity index (χ0) is 15.2. The van der Waals surface area contributed by atoms with Crippen molar-refractivity contribution in [2.24, 2.45) is 11.8 Å². The summed E-state index contributed by atoms with van der Waals surface area (Å²) in [4.78, 5) is 12.3. The molecule has 1 aliphatic rings. The molecule has 118 valence electrons. The molecule has 1 fully saturated rings. The minimum atomic E-state index is -0.529. The maximum atomic E-state index is 12.3. The fraction of sp³-hybridized carbons (Fsp3) is 0.688. The van der Waals surface area contributed by atoms with Gasteiger partial charge in [-0.05, 0) is 37.3 Å². The first-order chi connectivity index (χ1) is 10.1. The Morgan fingerprint density at radius 3 is 2.86 bits per heavy atom. The summed E-state index contributed by atoms with van der Waals surface area (Å²) in [7, 11) is 0. The van der Waals surface area contributed by atoms with E-state index in [2.05, 4.69) is 19.2 Å². The average Bonchev–Trinajstić information content (AvgIpc) is 3.07. The molecule has 3 atom stereocenters. The minimum absolute atomic E-state index is 0.116. The molecule has 1 aliphatic carbocycles. The number of carbonyl (C=O) groups is 1. The third-order valence-corrected chi connectivity index (χ3v) is 3.76. The highest BCUT2D eigenvalue weighted by Gasteiger charge is 2.33. The fourth-order valence-electron chi connectivity index (χ4n) is 2.63. The van der Waals surface area contributed by atoms with Crippen LogP contribution in [0.1, 0.15) is 44.9 Å². The van der Waals surface area contributed by atoms with Crippen molar-refractivity contribution in [3.05, 3.63) is 24.2 Å². The monoisotopic (exact) mass is 295 g/mol. The standard InChI is InChI=1S/C16H25NO4/c1-11(2)9-20-10-13(15-7-4-8-21-15)17-16(19)12-5-3-6-14(12)18/h4,7-8,11-14,18H,3,5-6,9-10H2,1-2H3,(H,17,19). The molecule has 0 bridgehead atoms. The van der Waals surface area contributed by atoms with Gasteiger partial charge < -0.3 is 19.6 Å². The first-order valence-electron chi connectivity index (χ1n) is 7.67. The van der Waals surface area contributed by atoms with E-state index in [1.807, 2.05) is 6.07 Å². The van der Waals surface area contributed by atoms with Crippen LogP contribution in [0.3, 0.4) is 0 Å². The van der Waals surface area contributed by atoms with Gasteiger partial charge in [-0.3, -0.25) is 4.79 Å². The van der Waals surface area contributed by atoms with E-state index in [9.17, 15) is 9.90 Å². The number of hydrogen-bond acceptors (Lipinski definition) is 4. The first kappa shape index (κ1) is 16.0. The smallest absolute Gasteiger partial charge is 0.226 e. The number of rotatable bonds is 7. The molecular formula is C16H25NO4. The molecule has 0 aromatic carbocycles. The van der Waals surface area contributed by atoms with Crippen LogP contribution in [0, 0.1) is 11.8 Å². The number of nitrogens with one attached hydrogen (secondary N) is 1. The van der Waals surface area contributed by atoms with E-state index < -0.39 is 6.10 Å². The van der Waals surface area contributed by atoms with Gasteiger partial charge in [-0.2, -0.15) is 0 Å². The highest BCUT2D eigenvalue weighted by Crippen LogP contribution is 2.26. The van der Waals surface area contributed by atoms with Crippen LogP contribution in [0.4, 0.5) is 0 Å². The predicted molar refractivity (Wildman–Crippen MR) is 78.6 cm³/mol. The quantitative estimate of drug-likeness (QED) is 0.809. The Kier molecular flexibility index (Phi) is 5.82. The lowest BCUT2D eigenvalue weighted by Gasteiger charge is -2.21. The molecule has 3 unspecified atom stereocenters. The molecular weight excluding hydrogens is 270 g/mol. The topological polar surface area (TPSA) is 71.7 Å². The minimum Gasteiger partial charge on any atom is -0.467 e. The van der Waals surface area contributed by atoms with Crippen LogP contribution >= 0.6 is 0 Å². The molecule has 0 radical (unpaired) electrons. The third kappa shape index (κ3) is 4.58. The predicted octanol–water partition coefficient (Wildman–Crippen LogP) is 2.27. The molecule has 2 N–H and O–H groups in total. The lowest BCUT2D eigenvalue weighted by molar-refractivity contribution is -0.129. The van der Waals surface area contributed by atoms with Gasteiger partial charge >= 0.3 is 0 Å². The molecule has 1 amide bonds. The molecule has 5 heteroatoms.